The first-order chi connectivity index (χ1) is 13.6. The molecule has 134 valence electrons. The standard InChI is InChI=1S/C24H14O3S/c25-28(26)23-8-4-2-6-18(23)20-14-16(10-12-24(20)28)15-9-11-22-19(13-15)17-5-1-3-7-21(17)27-22/h1-14H. The van der Waals surface area contributed by atoms with E-state index in [2.05, 4.69) is 12.1 Å². The van der Waals surface area contributed by atoms with E-state index in [-0.39, 0.29) is 0 Å². The number of furan rings is 1. The van der Waals surface area contributed by atoms with Crippen molar-refractivity contribution < 1.29 is 12.8 Å². The zero-order valence-corrected chi connectivity index (χ0v) is 15.5. The molecule has 1 aromatic heterocycles. The van der Waals surface area contributed by atoms with Crippen LogP contribution in [0.25, 0.3) is 44.2 Å². The van der Waals surface area contributed by atoms with Crippen molar-refractivity contribution >= 4 is 31.8 Å². The molecule has 0 amide bonds. The van der Waals surface area contributed by atoms with E-state index in [1.807, 2.05) is 54.6 Å². The van der Waals surface area contributed by atoms with Gasteiger partial charge in [-0.3, -0.25) is 0 Å². The molecule has 0 unspecified atom stereocenters. The predicted molar refractivity (Wildman–Crippen MR) is 110 cm³/mol. The molecule has 0 radical (unpaired) electrons. The van der Waals surface area contributed by atoms with Crippen LogP contribution in [0.3, 0.4) is 0 Å². The molecule has 6 rings (SSSR count). The van der Waals surface area contributed by atoms with Gasteiger partial charge < -0.3 is 4.42 Å². The lowest BCUT2D eigenvalue weighted by Gasteiger charge is -2.06. The molecule has 0 spiro atoms. The van der Waals surface area contributed by atoms with E-state index in [1.165, 1.54) is 0 Å². The van der Waals surface area contributed by atoms with Crippen molar-refractivity contribution in [2.45, 2.75) is 9.79 Å². The maximum Gasteiger partial charge on any atom is 0.207 e. The lowest BCUT2D eigenvalue weighted by atomic mass is 9.98. The first kappa shape index (κ1) is 15.7. The third-order valence-electron chi connectivity index (χ3n) is 5.45. The highest BCUT2D eigenvalue weighted by molar-refractivity contribution is 7.92. The monoisotopic (exact) mass is 382 g/mol. The van der Waals surface area contributed by atoms with Crippen molar-refractivity contribution in [2.24, 2.45) is 0 Å². The molecule has 4 heteroatoms. The van der Waals surface area contributed by atoms with Gasteiger partial charge in [0.1, 0.15) is 11.2 Å². The van der Waals surface area contributed by atoms with Crippen LogP contribution in [0, 0.1) is 0 Å². The Morgan fingerprint density at radius 3 is 2.18 bits per heavy atom. The van der Waals surface area contributed by atoms with Crippen molar-refractivity contribution in [2.75, 3.05) is 0 Å². The van der Waals surface area contributed by atoms with Gasteiger partial charge in [0.25, 0.3) is 0 Å². The second-order valence-corrected chi connectivity index (χ2v) is 8.91. The van der Waals surface area contributed by atoms with Gasteiger partial charge in [0, 0.05) is 21.9 Å². The molecule has 0 N–H and O–H groups in total. The Morgan fingerprint density at radius 2 is 1.25 bits per heavy atom. The maximum atomic E-state index is 12.8. The summed E-state index contributed by atoms with van der Waals surface area (Å²) in [6.45, 7) is 0. The summed E-state index contributed by atoms with van der Waals surface area (Å²) < 4.78 is 31.5. The van der Waals surface area contributed by atoms with Crippen LogP contribution in [0.1, 0.15) is 0 Å². The van der Waals surface area contributed by atoms with Crippen LogP contribution in [0.15, 0.2) is 99.1 Å². The number of fused-ring (bicyclic) bond motifs is 6. The predicted octanol–water partition coefficient (Wildman–Crippen LogP) is 6.07. The first-order valence-electron chi connectivity index (χ1n) is 9.03. The number of hydrogen-bond donors (Lipinski definition) is 0. The number of sulfone groups is 1. The molecule has 1 aliphatic rings. The summed E-state index contributed by atoms with van der Waals surface area (Å²) in [7, 11) is -3.43. The molecule has 2 heterocycles. The van der Waals surface area contributed by atoms with Gasteiger partial charge >= 0.3 is 0 Å². The molecule has 4 aromatic carbocycles. The lowest BCUT2D eigenvalue weighted by Crippen LogP contribution is -1.96. The van der Waals surface area contributed by atoms with Crippen LogP contribution in [-0.2, 0) is 9.84 Å². The third kappa shape index (κ3) is 2.01. The van der Waals surface area contributed by atoms with Crippen LogP contribution in [0.4, 0.5) is 0 Å². The number of rotatable bonds is 1. The maximum absolute atomic E-state index is 12.8. The molecule has 1 aliphatic heterocycles. The van der Waals surface area contributed by atoms with E-state index in [0.717, 1.165) is 44.2 Å². The highest BCUT2D eigenvalue weighted by Gasteiger charge is 2.32. The first-order valence-corrected chi connectivity index (χ1v) is 10.5. The smallest absolute Gasteiger partial charge is 0.207 e. The molecule has 28 heavy (non-hydrogen) atoms. The molecule has 0 atom stereocenters. The molecule has 0 fully saturated rings. The summed E-state index contributed by atoms with van der Waals surface area (Å²) in [5.41, 5.74) is 5.27. The van der Waals surface area contributed by atoms with Gasteiger partial charge in [-0.05, 0) is 47.5 Å². The minimum Gasteiger partial charge on any atom is -0.456 e. The number of benzene rings is 4. The minimum absolute atomic E-state index is 0.382. The van der Waals surface area contributed by atoms with Crippen LogP contribution in [0.2, 0.25) is 0 Å². The van der Waals surface area contributed by atoms with Gasteiger partial charge in [-0.25, -0.2) is 8.42 Å². The highest BCUT2D eigenvalue weighted by Crippen LogP contribution is 2.44. The Morgan fingerprint density at radius 1 is 0.571 bits per heavy atom. The average molecular weight is 382 g/mol. The van der Waals surface area contributed by atoms with Gasteiger partial charge in [-0.2, -0.15) is 0 Å². The van der Waals surface area contributed by atoms with Crippen LogP contribution >= 0.6 is 0 Å². The second-order valence-electron chi connectivity index (χ2n) is 7.02. The fourth-order valence-corrected chi connectivity index (χ4v) is 5.77. The fourth-order valence-electron chi connectivity index (χ4n) is 4.10. The summed E-state index contributed by atoms with van der Waals surface area (Å²) in [5.74, 6) is 0. The topological polar surface area (TPSA) is 47.3 Å². The Balaban J connectivity index is 1.59. The minimum atomic E-state index is -3.43. The molecule has 5 aromatic rings. The van der Waals surface area contributed by atoms with E-state index < -0.39 is 9.84 Å². The zero-order chi connectivity index (χ0) is 18.9. The molecular weight excluding hydrogens is 368 g/mol. The molecule has 0 bridgehead atoms. The molecule has 3 nitrogen and oxygen atoms in total. The Labute approximate surface area is 161 Å². The summed E-state index contributed by atoms with van der Waals surface area (Å²) in [6.07, 6.45) is 0. The van der Waals surface area contributed by atoms with Gasteiger partial charge in [0.05, 0.1) is 9.79 Å². The van der Waals surface area contributed by atoms with Gasteiger partial charge in [-0.1, -0.05) is 48.5 Å². The average Bonchev–Trinajstić information content (AvgIpc) is 3.21. The van der Waals surface area contributed by atoms with Crippen LogP contribution in [0.5, 0.6) is 0 Å². The lowest BCUT2D eigenvalue weighted by molar-refractivity contribution is 0.598. The second kappa shape index (κ2) is 5.33. The summed E-state index contributed by atoms with van der Waals surface area (Å²) in [5, 5.41) is 2.13. The summed E-state index contributed by atoms with van der Waals surface area (Å²) >= 11 is 0. The van der Waals surface area contributed by atoms with Crippen molar-refractivity contribution in [1.82, 2.24) is 0 Å². The molecule has 0 aliphatic carbocycles. The summed E-state index contributed by atoms with van der Waals surface area (Å²) in [6, 6.07) is 26.8. The van der Waals surface area contributed by atoms with E-state index >= 15 is 0 Å². The fraction of sp³-hybridized carbons (Fsp3) is 0. The van der Waals surface area contributed by atoms with E-state index in [1.54, 1.807) is 18.2 Å². The van der Waals surface area contributed by atoms with Crippen molar-refractivity contribution in [3.63, 3.8) is 0 Å². The third-order valence-corrected chi connectivity index (χ3v) is 7.32. The SMILES string of the molecule is O=S1(=O)c2ccccc2-c2cc(-c3ccc4oc5ccccc5c4c3)ccc21. The van der Waals surface area contributed by atoms with Crippen molar-refractivity contribution in [3.05, 3.63) is 84.9 Å². The number of hydrogen-bond acceptors (Lipinski definition) is 3. The summed E-state index contributed by atoms with van der Waals surface area (Å²) in [4.78, 5) is 0.769. The van der Waals surface area contributed by atoms with E-state index in [0.29, 0.717) is 9.79 Å². The Kier molecular flexibility index (Phi) is 2.98. The quantitative estimate of drug-likeness (QED) is 0.347. The highest BCUT2D eigenvalue weighted by atomic mass is 32.2. The van der Waals surface area contributed by atoms with Crippen molar-refractivity contribution in [3.8, 4) is 22.3 Å². The number of para-hydroxylation sites is 1. The van der Waals surface area contributed by atoms with Crippen LogP contribution in [-0.4, -0.2) is 8.42 Å². The Bertz CT molecular complexity index is 1520. The zero-order valence-electron chi connectivity index (χ0n) is 14.7. The normalized spacial score (nSPS) is 14.3. The van der Waals surface area contributed by atoms with E-state index in [9.17, 15) is 8.42 Å². The van der Waals surface area contributed by atoms with Gasteiger partial charge in [0.2, 0.25) is 9.84 Å². The largest absolute Gasteiger partial charge is 0.456 e. The molecule has 0 saturated carbocycles. The Hall–Kier alpha value is -3.37. The van der Waals surface area contributed by atoms with Gasteiger partial charge in [0.15, 0.2) is 0 Å². The van der Waals surface area contributed by atoms with E-state index in [4.69, 9.17) is 4.42 Å². The van der Waals surface area contributed by atoms with Gasteiger partial charge in [-0.15, -0.1) is 0 Å². The van der Waals surface area contributed by atoms with Crippen molar-refractivity contribution in [1.29, 1.82) is 0 Å². The molecular formula is C24H14O3S. The molecule has 0 saturated heterocycles. The van der Waals surface area contributed by atoms with Crippen LogP contribution < -0.4 is 0 Å².